The Kier molecular flexibility index (Phi) is 11.7. The van der Waals surface area contributed by atoms with Crippen molar-refractivity contribution in [3.05, 3.63) is 35.9 Å². The second-order valence-electron chi connectivity index (χ2n) is 5.94. The molecule has 0 aliphatic heterocycles. The number of alkyl carbamates (subject to hydrolysis) is 1. The largest absolute Gasteiger partial charge is 0.445 e. The van der Waals surface area contributed by atoms with E-state index < -0.39 is 0 Å². The van der Waals surface area contributed by atoms with Crippen LogP contribution in [0.2, 0.25) is 0 Å². The molecule has 23 heavy (non-hydrogen) atoms. The van der Waals surface area contributed by atoms with Crippen molar-refractivity contribution in [2.24, 2.45) is 0 Å². The highest BCUT2D eigenvalue weighted by Gasteiger charge is 2.09. The fourth-order valence-corrected chi connectivity index (χ4v) is 2.93. The quantitative estimate of drug-likeness (QED) is 0.266. The summed E-state index contributed by atoms with van der Waals surface area (Å²) >= 11 is 3.50. The van der Waals surface area contributed by atoms with Crippen LogP contribution in [0.3, 0.4) is 0 Å². The molecule has 0 saturated heterocycles. The maximum Gasteiger partial charge on any atom is 0.408 e. The van der Waals surface area contributed by atoms with E-state index in [-0.39, 0.29) is 11.0 Å². The number of hydrogen-bond acceptors (Lipinski definition) is 2. The molecule has 1 aromatic carbocycles. The Balaban J connectivity index is 1.98. The molecule has 130 valence electrons. The van der Waals surface area contributed by atoms with Gasteiger partial charge in [-0.2, -0.15) is 0 Å². The fraction of sp³-hybridized carbons (Fsp3) is 0.632. The van der Waals surface area contributed by atoms with Crippen LogP contribution in [0.1, 0.15) is 70.3 Å². The first kappa shape index (κ1) is 20.0. The molecular formula is C19H30BrNO2. The van der Waals surface area contributed by atoms with Crippen LogP contribution in [0, 0.1) is 0 Å². The van der Waals surface area contributed by atoms with E-state index in [4.69, 9.17) is 4.74 Å². The maximum atomic E-state index is 11.7. The molecule has 1 aromatic rings. The Bertz CT molecular complexity index is 411. The van der Waals surface area contributed by atoms with Gasteiger partial charge in [-0.1, -0.05) is 105 Å². The van der Waals surface area contributed by atoms with Gasteiger partial charge in [-0.3, -0.25) is 0 Å². The first-order valence-electron chi connectivity index (χ1n) is 8.83. The van der Waals surface area contributed by atoms with E-state index in [2.05, 4.69) is 28.2 Å². The van der Waals surface area contributed by atoms with Crippen molar-refractivity contribution in [3.8, 4) is 0 Å². The second kappa shape index (κ2) is 13.4. The van der Waals surface area contributed by atoms with Gasteiger partial charge in [-0.05, 0) is 12.0 Å². The molecule has 0 spiro atoms. The number of rotatable bonds is 12. The highest BCUT2D eigenvalue weighted by Crippen LogP contribution is 2.13. The second-order valence-corrected chi connectivity index (χ2v) is 7.04. The van der Waals surface area contributed by atoms with Crippen LogP contribution in [-0.4, -0.2) is 11.0 Å². The molecule has 4 heteroatoms. The number of nitrogens with one attached hydrogen (secondary N) is 1. The molecule has 0 bridgehead atoms. The van der Waals surface area contributed by atoms with Crippen molar-refractivity contribution in [1.82, 2.24) is 5.32 Å². The van der Waals surface area contributed by atoms with E-state index in [1.165, 1.54) is 44.9 Å². The summed E-state index contributed by atoms with van der Waals surface area (Å²) in [6, 6.07) is 9.71. The third-order valence-corrected chi connectivity index (χ3v) is 4.49. The molecule has 0 aliphatic carbocycles. The lowest BCUT2D eigenvalue weighted by atomic mass is 10.1. The molecule has 3 nitrogen and oxygen atoms in total. The monoisotopic (exact) mass is 383 g/mol. The normalized spacial score (nSPS) is 11.9. The molecule has 1 atom stereocenters. The summed E-state index contributed by atoms with van der Waals surface area (Å²) in [4.78, 5) is 11.7. The van der Waals surface area contributed by atoms with E-state index in [9.17, 15) is 4.79 Å². The van der Waals surface area contributed by atoms with Crippen LogP contribution >= 0.6 is 15.9 Å². The fourth-order valence-electron chi connectivity index (χ4n) is 2.42. The summed E-state index contributed by atoms with van der Waals surface area (Å²) in [5.74, 6) is 0. The molecule has 1 amide bonds. The number of carbonyl (C=O) groups is 1. The predicted molar refractivity (Wildman–Crippen MR) is 99.7 cm³/mol. The van der Waals surface area contributed by atoms with E-state index in [0.29, 0.717) is 6.61 Å². The first-order chi connectivity index (χ1) is 11.2. The molecule has 0 radical (unpaired) electrons. The minimum Gasteiger partial charge on any atom is -0.445 e. The van der Waals surface area contributed by atoms with E-state index in [1.807, 2.05) is 30.3 Å². The molecular weight excluding hydrogens is 354 g/mol. The summed E-state index contributed by atoms with van der Waals surface area (Å²) in [5.41, 5.74) is 0.997. The van der Waals surface area contributed by atoms with Gasteiger partial charge in [0.15, 0.2) is 0 Å². The number of amides is 1. The highest BCUT2D eigenvalue weighted by atomic mass is 79.9. The van der Waals surface area contributed by atoms with Crippen LogP contribution in [0.4, 0.5) is 4.79 Å². The smallest absolute Gasteiger partial charge is 0.408 e. The van der Waals surface area contributed by atoms with Gasteiger partial charge in [-0.25, -0.2) is 4.79 Å². The lowest BCUT2D eigenvalue weighted by Gasteiger charge is -2.12. The predicted octanol–water partition coefficient (Wildman–Crippen LogP) is 6.16. The Hall–Kier alpha value is -1.03. The first-order valence-corrected chi connectivity index (χ1v) is 9.75. The van der Waals surface area contributed by atoms with Crippen molar-refractivity contribution in [1.29, 1.82) is 0 Å². The van der Waals surface area contributed by atoms with Crippen molar-refractivity contribution in [3.63, 3.8) is 0 Å². The summed E-state index contributed by atoms with van der Waals surface area (Å²) in [7, 11) is 0. The Labute approximate surface area is 149 Å². The number of carbonyl (C=O) groups excluding carboxylic acids is 1. The molecule has 1 rings (SSSR count). The van der Waals surface area contributed by atoms with Gasteiger partial charge in [0, 0.05) is 0 Å². The molecule has 1 unspecified atom stereocenters. The van der Waals surface area contributed by atoms with Crippen molar-refractivity contribution < 1.29 is 9.53 Å². The number of alkyl halides is 1. The van der Waals surface area contributed by atoms with Crippen molar-refractivity contribution in [2.75, 3.05) is 0 Å². The van der Waals surface area contributed by atoms with Gasteiger partial charge in [0.05, 0.1) is 4.95 Å². The Morgan fingerprint density at radius 1 is 1.04 bits per heavy atom. The average Bonchev–Trinajstić information content (AvgIpc) is 2.56. The zero-order valence-electron chi connectivity index (χ0n) is 14.2. The average molecular weight is 384 g/mol. The van der Waals surface area contributed by atoms with E-state index >= 15 is 0 Å². The lowest BCUT2D eigenvalue weighted by Crippen LogP contribution is -2.30. The third kappa shape index (κ3) is 11.2. The van der Waals surface area contributed by atoms with E-state index in [1.54, 1.807) is 0 Å². The van der Waals surface area contributed by atoms with Crippen LogP contribution in [0.25, 0.3) is 0 Å². The third-order valence-electron chi connectivity index (χ3n) is 3.80. The number of benzene rings is 1. The van der Waals surface area contributed by atoms with Gasteiger partial charge in [0.1, 0.15) is 6.61 Å². The number of hydrogen-bond donors (Lipinski definition) is 1. The minimum absolute atomic E-state index is 0.00846. The van der Waals surface area contributed by atoms with Gasteiger partial charge in [0.25, 0.3) is 0 Å². The van der Waals surface area contributed by atoms with Crippen molar-refractivity contribution in [2.45, 2.75) is 76.3 Å². The maximum absolute atomic E-state index is 11.7. The van der Waals surface area contributed by atoms with E-state index in [0.717, 1.165) is 18.4 Å². The van der Waals surface area contributed by atoms with Gasteiger partial charge in [-0.15, -0.1) is 0 Å². The molecule has 0 aromatic heterocycles. The SMILES string of the molecule is CCCCCCCCCCC(Br)NC(=O)OCc1ccccc1. The Morgan fingerprint density at radius 2 is 1.65 bits per heavy atom. The topological polar surface area (TPSA) is 38.3 Å². The number of ether oxygens (including phenoxy) is 1. The number of unbranched alkanes of at least 4 members (excludes halogenated alkanes) is 7. The summed E-state index contributed by atoms with van der Waals surface area (Å²) in [6.07, 6.45) is 10.9. The highest BCUT2D eigenvalue weighted by molar-refractivity contribution is 9.09. The zero-order chi connectivity index (χ0) is 16.8. The summed E-state index contributed by atoms with van der Waals surface area (Å²) < 4.78 is 5.20. The van der Waals surface area contributed by atoms with Gasteiger partial charge >= 0.3 is 6.09 Å². The summed E-state index contributed by atoms with van der Waals surface area (Å²) in [5, 5.41) is 2.82. The van der Waals surface area contributed by atoms with Crippen LogP contribution < -0.4 is 5.32 Å². The molecule has 0 aliphatic rings. The van der Waals surface area contributed by atoms with Gasteiger partial charge < -0.3 is 10.1 Å². The van der Waals surface area contributed by atoms with Gasteiger partial charge in [0.2, 0.25) is 0 Å². The standard InChI is InChI=1S/C19H30BrNO2/c1-2-3-4-5-6-7-8-12-15-18(20)21-19(22)23-16-17-13-10-9-11-14-17/h9-11,13-14,18H,2-8,12,15-16H2,1H3,(H,21,22). The van der Waals surface area contributed by atoms with Crippen LogP contribution in [0.15, 0.2) is 30.3 Å². The minimum atomic E-state index is -0.365. The van der Waals surface area contributed by atoms with Crippen LogP contribution in [-0.2, 0) is 11.3 Å². The lowest BCUT2D eigenvalue weighted by molar-refractivity contribution is 0.138. The molecule has 0 heterocycles. The van der Waals surface area contributed by atoms with Crippen molar-refractivity contribution >= 4 is 22.0 Å². The molecule has 0 fully saturated rings. The number of halogens is 1. The Morgan fingerprint density at radius 3 is 2.30 bits per heavy atom. The molecule has 1 N–H and O–H groups in total. The zero-order valence-corrected chi connectivity index (χ0v) is 15.8. The van der Waals surface area contributed by atoms with Crippen LogP contribution in [0.5, 0.6) is 0 Å². The summed E-state index contributed by atoms with van der Waals surface area (Å²) in [6.45, 7) is 2.55. The molecule has 0 saturated carbocycles.